The van der Waals surface area contributed by atoms with Gasteiger partial charge in [0, 0.05) is 19.4 Å². The van der Waals surface area contributed by atoms with Gasteiger partial charge < -0.3 is 20.1 Å². The zero-order valence-electron chi connectivity index (χ0n) is 57.4. The van der Waals surface area contributed by atoms with Gasteiger partial charge in [0.1, 0.15) is 6.61 Å². The highest BCUT2D eigenvalue weighted by molar-refractivity contribution is 7.47. The van der Waals surface area contributed by atoms with Crippen LogP contribution in [-0.2, 0) is 32.7 Å². The average Bonchev–Trinajstić information content (AvgIpc) is 3.68. The minimum absolute atomic E-state index is 0.0477. The molecule has 10 heteroatoms. The molecule has 0 aromatic carbocycles. The fourth-order valence-electron chi connectivity index (χ4n) is 10.1. The monoisotopic (exact) mass is 1260 g/mol. The summed E-state index contributed by atoms with van der Waals surface area (Å²) < 4.78 is 33.2. The van der Waals surface area contributed by atoms with Crippen molar-refractivity contribution in [2.24, 2.45) is 5.73 Å². The van der Waals surface area contributed by atoms with Crippen molar-refractivity contribution in [3.05, 3.63) is 134 Å². The van der Waals surface area contributed by atoms with Gasteiger partial charge in [-0.25, -0.2) is 4.57 Å². The van der Waals surface area contributed by atoms with Crippen LogP contribution < -0.4 is 5.73 Å². The minimum Gasteiger partial charge on any atom is -0.462 e. The van der Waals surface area contributed by atoms with Gasteiger partial charge in [-0.1, -0.05) is 327 Å². The quantitative estimate of drug-likeness (QED) is 0.0264. The fraction of sp³-hybridized carbons (Fsp3) is 0.696. The molecule has 0 amide bonds. The number of carbonyl (C=O) groups is 2. The van der Waals surface area contributed by atoms with Gasteiger partial charge in [0.2, 0.25) is 0 Å². The van der Waals surface area contributed by atoms with Gasteiger partial charge >= 0.3 is 19.8 Å². The molecule has 0 saturated heterocycles. The lowest BCUT2D eigenvalue weighted by molar-refractivity contribution is -0.161. The number of phosphoric acid groups is 1. The van der Waals surface area contributed by atoms with Gasteiger partial charge in [0.25, 0.3) is 0 Å². The molecule has 2 atom stereocenters. The maximum atomic E-state index is 12.8. The predicted molar refractivity (Wildman–Crippen MR) is 385 cm³/mol. The van der Waals surface area contributed by atoms with Gasteiger partial charge in [0.15, 0.2) is 6.10 Å². The second kappa shape index (κ2) is 73.2. The number of rotatable bonds is 68. The molecule has 2 unspecified atom stereocenters. The highest BCUT2D eigenvalue weighted by Crippen LogP contribution is 2.43. The molecule has 0 fully saturated rings. The largest absolute Gasteiger partial charge is 0.472 e. The Labute approximate surface area is 548 Å². The zero-order chi connectivity index (χ0) is 64.4. The van der Waals surface area contributed by atoms with Gasteiger partial charge in [-0.2, -0.15) is 0 Å². The van der Waals surface area contributed by atoms with Crippen molar-refractivity contribution in [3.8, 4) is 0 Å². The second-order valence-corrected chi connectivity index (χ2v) is 25.5. The molecular weight excluding hydrogens is 1120 g/mol. The van der Waals surface area contributed by atoms with Crippen LogP contribution in [0.2, 0.25) is 0 Å². The summed E-state index contributed by atoms with van der Waals surface area (Å²) in [6.45, 7) is 3.64. The molecule has 0 aromatic heterocycles. The van der Waals surface area contributed by atoms with Crippen molar-refractivity contribution in [3.63, 3.8) is 0 Å². The molecule has 89 heavy (non-hydrogen) atoms. The number of unbranched alkanes of at least 4 members (excludes halogenated alkanes) is 33. The topological polar surface area (TPSA) is 134 Å². The van der Waals surface area contributed by atoms with E-state index in [1.807, 2.05) is 0 Å². The van der Waals surface area contributed by atoms with Crippen molar-refractivity contribution in [2.75, 3.05) is 26.4 Å². The van der Waals surface area contributed by atoms with Gasteiger partial charge in [-0.05, 0) is 116 Å². The summed E-state index contributed by atoms with van der Waals surface area (Å²) in [5.74, 6) is -0.830. The molecule has 9 nitrogen and oxygen atoms in total. The van der Waals surface area contributed by atoms with Crippen molar-refractivity contribution in [2.45, 2.75) is 328 Å². The smallest absolute Gasteiger partial charge is 0.462 e. The van der Waals surface area contributed by atoms with Crippen molar-refractivity contribution < 1.29 is 37.6 Å². The third-order valence-corrected chi connectivity index (χ3v) is 16.5. The number of ether oxygens (including phenoxy) is 2. The summed E-state index contributed by atoms with van der Waals surface area (Å²) in [6, 6.07) is 0. The molecule has 0 heterocycles. The Morgan fingerprint density at radius 3 is 0.921 bits per heavy atom. The second-order valence-electron chi connectivity index (χ2n) is 24.1. The molecule has 3 N–H and O–H groups in total. The number of esters is 2. The van der Waals surface area contributed by atoms with E-state index < -0.39 is 26.5 Å². The third kappa shape index (κ3) is 73.1. The first-order valence-electron chi connectivity index (χ1n) is 36.7. The van der Waals surface area contributed by atoms with Crippen LogP contribution in [0.4, 0.5) is 0 Å². The van der Waals surface area contributed by atoms with E-state index in [-0.39, 0.29) is 38.6 Å². The van der Waals surface area contributed by atoms with Crippen LogP contribution in [0.5, 0.6) is 0 Å². The normalized spacial score (nSPS) is 13.7. The number of nitrogens with two attached hydrogens (primary N) is 1. The first-order valence-corrected chi connectivity index (χ1v) is 38.2. The number of carbonyl (C=O) groups excluding carboxylic acids is 2. The van der Waals surface area contributed by atoms with Crippen molar-refractivity contribution in [1.82, 2.24) is 0 Å². The van der Waals surface area contributed by atoms with Crippen LogP contribution in [0.1, 0.15) is 322 Å². The Bertz CT molecular complexity index is 1920. The first kappa shape index (κ1) is 85.2. The van der Waals surface area contributed by atoms with E-state index in [0.717, 1.165) is 109 Å². The molecule has 0 radical (unpaired) electrons. The van der Waals surface area contributed by atoms with Gasteiger partial charge in [0.05, 0.1) is 13.2 Å². The number of phosphoric ester groups is 1. The van der Waals surface area contributed by atoms with E-state index in [1.165, 1.54) is 180 Å². The summed E-state index contributed by atoms with van der Waals surface area (Å²) in [4.78, 5) is 35.4. The Hall–Kier alpha value is -3.85. The maximum absolute atomic E-state index is 12.8. The molecule has 0 saturated carbocycles. The summed E-state index contributed by atoms with van der Waals surface area (Å²) in [6.07, 6.45) is 104. The molecular formula is C79H136NO8P. The predicted octanol–water partition coefficient (Wildman–Crippen LogP) is 24.4. The van der Waals surface area contributed by atoms with E-state index in [4.69, 9.17) is 24.3 Å². The van der Waals surface area contributed by atoms with E-state index in [0.29, 0.717) is 6.42 Å². The first-order chi connectivity index (χ1) is 43.8. The number of hydrogen-bond donors (Lipinski definition) is 2. The van der Waals surface area contributed by atoms with E-state index >= 15 is 0 Å². The van der Waals surface area contributed by atoms with Gasteiger partial charge in [-0.3, -0.25) is 18.6 Å². The molecule has 0 aliphatic carbocycles. The lowest BCUT2D eigenvalue weighted by Crippen LogP contribution is -2.29. The lowest BCUT2D eigenvalue weighted by Gasteiger charge is -2.19. The highest BCUT2D eigenvalue weighted by atomic mass is 31.2. The Morgan fingerprint density at radius 1 is 0.348 bits per heavy atom. The summed E-state index contributed by atoms with van der Waals surface area (Å²) >= 11 is 0. The third-order valence-electron chi connectivity index (χ3n) is 15.5. The Balaban J connectivity index is 3.91. The molecule has 0 aliphatic rings. The summed E-state index contributed by atoms with van der Waals surface area (Å²) in [5.41, 5.74) is 5.41. The SMILES string of the molecule is CC/C=C\C/C=C\C/C=C\C/C=C\C/C=C\C/C=C\C/C=C\C/C=C\C/C=C\CCCCCCCCCCCC(=O)OC(COC(=O)CCCCCCCCCCCCCCCCCCCCC/C=C\C/C=C\CCCCCCC)COP(=O)(O)OCCN. The lowest BCUT2D eigenvalue weighted by atomic mass is 10.0. The van der Waals surface area contributed by atoms with E-state index in [1.54, 1.807) is 0 Å². The van der Waals surface area contributed by atoms with Crippen LogP contribution in [0.25, 0.3) is 0 Å². The highest BCUT2D eigenvalue weighted by Gasteiger charge is 2.26. The van der Waals surface area contributed by atoms with Crippen LogP contribution in [0, 0.1) is 0 Å². The van der Waals surface area contributed by atoms with Crippen LogP contribution in [-0.4, -0.2) is 49.3 Å². The maximum Gasteiger partial charge on any atom is 0.472 e. The van der Waals surface area contributed by atoms with Crippen LogP contribution in [0.3, 0.4) is 0 Å². The van der Waals surface area contributed by atoms with E-state index in [9.17, 15) is 19.0 Å². The number of hydrogen-bond acceptors (Lipinski definition) is 8. The van der Waals surface area contributed by atoms with Gasteiger partial charge in [-0.15, -0.1) is 0 Å². The average molecular weight is 1260 g/mol. The molecule has 0 rings (SSSR count). The molecule has 0 spiro atoms. The van der Waals surface area contributed by atoms with Crippen molar-refractivity contribution in [1.29, 1.82) is 0 Å². The zero-order valence-corrected chi connectivity index (χ0v) is 58.3. The standard InChI is InChI=1S/C79H136NO8P/c1-3-5-7-9-11-13-15-17-19-21-23-25-27-29-31-33-35-36-37-38-39-40-42-44-46-48-50-52-54-56-58-60-62-64-66-68-70-72-79(82)88-77(76-87-89(83,84)86-74-73-80)75-85-78(81)71-69-67-65-63-61-59-57-55-53-51-49-47-45-43-41-34-32-30-28-26-24-22-20-18-16-14-12-10-8-6-4-2/h5,7,11,13,16-19,22-25,29,31,35-36,38-39,42,44,48,50,77H,3-4,6,8-10,12,14-15,20-21,26-28,30,32-34,37,40-41,43,45-47,49,51-76,80H2,1-2H3,(H,83,84)/b7-5-,13-11-,18-16-,19-17-,24-22-,25-23-,31-29-,36-35-,39-38-,44-42-,50-48-. The molecule has 0 aliphatic heterocycles. The Morgan fingerprint density at radius 2 is 0.618 bits per heavy atom. The number of allylic oxidation sites excluding steroid dienone is 22. The van der Waals surface area contributed by atoms with Crippen LogP contribution >= 0.6 is 7.82 Å². The van der Waals surface area contributed by atoms with E-state index in [2.05, 4.69) is 148 Å². The van der Waals surface area contributed by atoms with Crippen molar-refractivity contribution >= 4 is 19.8 Å². The fourth-order valence-corrected chi connectivity index (χ4v) is 10.9. The molecule has 0 bridgehead atoms. The van der Waals surface area contributed by atoms with Crippen LogP contribution in [0.15, 0.2) is 134 Å². The minimum atomic E-state index is -4.40. The summed E-state index contributed by atoms with van der Waals surface area (Å²) in [5, 5.41) is 0. The molecule has 510 valence electrons. The summed E-state index contributed by atoms with van der Waals surface area (Å²) in [7, 11) is -4.40. The molecule has 0 aromatic rings. The Kier molecular flexibility index (Phi) is 70.0.